The number of amidine groups is 1. The summed E-state index contributed by atoms with van der Waals surface area (Å²) in [5, 5.41) is 0.919. The van der Waals surface area contributed by atoms with Gasteiger partial charge in [-0.15, -0.1) is 4.40 Å². The Bertz CT molecular complexity index is 1010. The van der Waals surface area contributed by atoms with Gasteiger partial charge >= 0.3 is 5.97 Å². The van der Waals surface area contributed by atoms with E-state index < -0.39 is 16.0 Å². The van der Waals surface area contributed by atoms with Crippen molar-refractivity contribution in [3.63, 3.8) is 0 Å². The monoisotopic (exact) mass is 358 g/mol. The zero-order valence-corrected chi connectivity index (χ0v) is 13.9. The normalized spacial score (nSPS) is 18.5. The van der Waals surface area contributed by atoms with Crippen molar-refractivity contribution in [3.05, 3.63) is 60.0 Å². The number of nitrogens with zero attached hydrogens (tertiary/aromatic N) is 2. The minimum absolute atomic E-state index is 0.0470. The summed E-state index contributed by atoms with van der Waals surface area (Å²) in [6, 6.07) is 9.28. The van der Waals surface area contributed by atoms with Crippen LogP contribution in [-0.4, -0.2) is 37.4 Å². The molecule has 0 atom stereocenters. The molecule has 128 valence electrons. The number of furan rings is 1. The van der Waals surface area contributed by atoms with Crippen LogP contribution in [0.3, 0.4) is 0 Å². The Hall–Kier alpha value is -2.87. The van der Waals surface area contributed by atoms with Gasteiger partial charge in [0.25, 0.3) is 10.0 Å². The fourth-order valence-corrected chi connectivity index (χ4v) is 3.68. The van der Waals surface area contributed by atoms with Gasteiger partial charge in [0.2, 0.25) is 0 Å². The molecule has 7 nitrogen and oxygen atoms in total. The van der Waals surface area contributed by atoms with Gasteiger partial charge in [-0.1, -0.05) is 18.2 Å². The first-order valence-electron chi connectivity index (χ1n) is 7.64. The first-order valence-corrected chi connectivity index (χ1v) is 9.25. The van der Waals surface area contributed by atoms with E-state index in [0.717, 1.165) is 5.39 Å². The van der Waals surface area contributed by atoms with E-state index in [-0.39, 0.29) is 30.3 Å². The van der Waals surface area contributed by atoms with Crippen molar-refractivity contribution < 1.29 is 22.4 Å². The summed E-state index contributed by atoms with van der Waals surface area (Å²) in [5.41, 5.74) is 0.823. The number of carbonyl (C=O) groups excluding carboxylic acids is 1. The number of para-hydroxylation sites is 1. The van der Waals surface area contributed by atoms with E-state index in [1.165, 1.54) is 6.08 Å². The number of allylic oxidation sites excluding steroid dienone is 2. The van der Waals surface area contributed by atoms with E-state index in [1.54, 1.807) is 23.2 Å². The number of hydrogen-bond donors (Lipinski definition) is 0. The highest BCUT2D eigenvalue weighted by molar-refractivity contribution is 7.90. The van der Waals surface area contributed by atoms with Gasteiger partial charge in [-0.05, 0) is 24.3 Å². The molecule has 3 heterocycles. The maximum Gasteiger partial charge on any atom is 0.342 e. The molecule has 0 saturated carbocycles. The number of fused-ring (bicyclic) bond motifs is 2. The van der Waals surface area contributed by atoms with Crippen molar-refractivity contribution in [2.24, 2.45) is 4.40 Å². The van der Waals surface area contributed by atoms with Gasteiger partial charge < -0.3 is 14.1 Å². The van der Waals surface area contributed by atoms with Crippen LogP contribution >= 0.6 is 0 Å². The van der Waals surface area contributed by atoms with E-state index in [4.69, 9.17) is 9.15 Å². The molecule has 0 unspecified atom stereocenters. The molecule has 0 saturated heterocycles. The van der Waals surface area contributed by atoms with Crippen LogP contribution < -0.4 is 0 Å². The van der Waals surface area contributed by atoms with Crippen LogP contribution in [0, 0.1) is 0 Å². The summed E-state index contributed by atoms with van der Waals surface area (Å²) in [4.78, 5) is 14.0. The smallest absolute Gasteiger partial charge is 0.342 e. The Morgan fingerprint density at radius 1 is 1.32 bits per heavy atom. The third kappa shape index (κ3) is 3.08. The lowest BCUT2D eigenvalue weighted by atomic mass is 10.1. The molecule has 0 bridgehead atoms. The van der Waals surface area contributed by atoms with E-state index in [0.29, 0.717) is 11.3 Å². The largest absolute Gasteiger partial charge is 0.457 e. The van der Waals surface area contributed by atoms with Crippen molar-refractivity contribution >= 4 is 32.8 Å². The van der Waals surface area contributed by atoms with Crippen molar-refractivity contribution in [2.75, 3.05) is 12.3 Å². The minimum Gasteiger partial charge on any atom is -0.457 e. The van der Waals surface area contributed by atoms with Gasteiger partial charge in [0.1, 0.15) is 23.5 Å². The molecule has 8 heteroatoms. The van der Waals surface area contributed by atoms with Crippen molar-refractivity contribution in [1.82, 2.24) is 4.90 Å². The third-order valence-electron chi connectivity index (χ3n) is 3.90. The lowest BCUT2D eigenvalue weighted by Gasteiger charge is -2.28. The topological polar surface area (TPSA) is 89.2 Å². The first-order chi connectivity index (χ1) is 12.0. The van der Waals surface area contributed by atoms with Crippen molar-refractivity contribution in [1.29, 1.82) is 0 Å². The van der Waals surface area contributed by atoms with Crippen molar-refractivity contribution in [2.45, 2.75) is 6.61 Å². The van der Waals surface area contributed by atoms with Gasteiger partial charge in [0.05, 0.1) is 5.75 Å². The predicted octanol–water partition coefficient (Wildman–Crippen LogP) is 1.97. The molecule has 2 aliphatic heterocycles. The Kier molecular flexibility index (Phi) is 3.69. The van der Waals surface area contributed by atoms with E-state index in [9.17, 15) is 13.2 Å². The lowest BCUT2D eigenvalue weighted by Crippen LogP contribution is -2.40. The number of hydrogen-bond acceptors (Lipinski definition) is 6. The first kappa shape index (κ1) is 15.6. The number of carbonyl (C=O) groups is 1. The Morgan fingerprint density at radius 2 is 2.16 bits per heavy atom. The molecule has 4 rings (SSSR count). The Balaban J connectivity index is 1.53. The average molecular weight is 358 g/mol. The quantitative estimate of drug-likeness (QED) is 0.780. The van der Waals surface area contributed by atoms with Crippen molar-refractivity contribution in [3.8, 4) is 0 Å². The number of esters is 1. The van der Waals surface area contributed by atoms with Crippen LogP contribution in [0.2, 0.25) is 0 Å². The van der Waals surface area contributed by atoms with Crippen LogP contribution in [0.5, 0.6) is 0 Å². The average Bonchev–Trinajstić information content (AvgIpc) is 3.01. The number of rotatable bonds is 3. The van der Waals surface area contributed by atoms with Crippen LogP contribution in [0.25, 0.3) is 11.0 Å². The van der Waals surface area contributed by atoms with Gasteiger partial charge in [-0.2, -0.15) is 0 Å². The molecule has 1 aromatic heterocycles. The molecule has 0 fully saturated rings. The molecule has 0 radical (unpaired) electrons. The van der Waals surface area contributed by atoms with E-state index in [2.05, 4.69) is 4.40 Å². The number of sulfonamides is 1. The third-order valence-corrected chi connectivity index (χ3v) is 5.05. The van der Waals surface area contributed by atoms with E-state index in [1.807, 2.05) is 24.3 Å². The van der Waals surface area contributed by atoms with Crippen LogP contribution in [0.15, 0.2) is 63.1 Å². The Labute approximate surface area is 143 Å². The molecular formula is C17H14N2O5S. The molecule has 2 aliphatic rings. The number of benzene rings is 1. The fourth-order valence-electron chi connectivity index (χ4n) is 2.70. The summed E-state index contributed by atoms with van der Waals surface area (Å²) < 4.78 is 38.0. The SMILES string of the molecule is O=C(OCc1cc2ccccc2o1)C1=CC=CN2CCS(=O)(=O)N=C12. The van der Waals surface area contributed by atoms with Gasteiger partial charge in [0, 0.05) is 18.1 Å². The molecular weight excluding hydrogens is 344 g/mol. The summed E-state index contributed by atoms with van der Waals surface area (Å²) in [5.74, 6) is -0.118. The second-order valence-electron chi connectivity index (χ2n) is 5.64. The fraction of sp³-hybridized carbons (Fsp3) is 0.176. The second kappa shape index (κ2) is 5.89. The maximum absolute atomic E-state index is 12.4. The zero-order chi connectivity index (χ0) is 17.4. The minimum atomic E-state index is -3.56. The summed E-state index contributed by atoms with van der Waals surface area (Å²) in [6.45, 7) is 0.209. The standard InChI is InChI=1S/C17H14N2O5S/c20-17(23-11-13-10-12-4-1-2-6-15(12)24-13)14-5-3-7-19-8-9-25(21,22)18-16(14)19/h1-7,10H,8-9,11H2. The lowest BCUT2D eigenvalue weighted by molar-refractivity contribution is -0.140. The molecule has 0 spiro atoms. The summed E-state index contributed by atoms with van der Waals surface area (Å²) in [6.07, 6.45) is 4.84. The highest BCUT2D eigenvalue weighted by atomic mass is 32.2. The zero-order valence-electron chi connectivity index (χ0n) is 13.1. The predicted molar refractivity (Wildman–Crippen MR) is 91.2 cm³/mol. The molecule has 0 N–H and O–H groups in total. The summed E-state index contributed by atoms with van der Waals surface area (Å²) in [7, 11) is -3.56. The molecule has 25 heavy (non-hydrogen) atoms. The molecule has 0 aliphatic carbocycles. The number of ether oxygens (including phenoxy) is 1. The van der Waals surface area contributed by atoms with Gasteiger partial charge in [-0.3, -0.25) is 0 Å². The van der Waals surface area contributed by atoms with Crippen LogP contribution in [-0.2, 0) is 26.2 Å². The molecule has 0 amide bonds. The second-order valence-corrected chi connectivity index (χ2v) is 7.40. The molecule has 2 aromatic rings. The Morgan fingerprint density at radius 3 is 3.00 bits per heavy atom. The van der Waals surface area contributed by atoms with E-state index >= 15 is 0 Å². The van der Waals surface area contributed by atoms with Crippen LogP contribution in [0.4, 0.5) is 0 Å². The van der Waals surface area contributed by atoms with Gasteiger partial charge in [-0.25, -0.2) is 13.2 Å². The summed E-state index contributed by atoms with van der Waals surface area (Å²) >= 11 is 0. The maximum atomic E-state index is 12.4. The van der Waals surface area contributed by atoms with Crippen LogP contribution in [0.1, 0.15) is 5.76 Å². The molecule has 1 aromatic carbocycles. The highest BCUT2D eigenvalue weighted by Crippen LogP contribution is 2.21. The highest BCUT2D eigenvalue weighted by Gasteiger charge is 2.30. The van der Waals surface area contributed by atoms with Gasteiger partial charge in [0.15, 0.2) is 5.84 Å².